The number of amides is 1. The van der Waals surface area contributed by atoms with Gasteiger partial charge in [-0.15, -0.1) is 0 Å². The molecule has 3 nitrogen and oxygen atoms in total. The highest BCUT2D eigenvalue weighted by Crippen LogP contribution is 2.27. The maximum Gasteiger partial charge on any atom is 0.252 e. The average Bonchev–Trinajstić information content (AvgIpc) is 2.73. The first-order valence-corrected chi connectivity index (χ1v) is 9.89. The fraction of sp³-hybridized carbons (Fsp3) is 0.0833. The van der Waals surface area contributed by atoms with Crippen LogP contribution in [0.5, 0.6) is 0 Å². The third-order valence-electron chi connectivity index (χ3n) is 4.66. The van der Waals surface area contributed by atoms with Gasteiger partial charge in [-0.1, -0.05) is 76.1 Å². The summed E-state index contributed by atoms with van der Waals surface area (Å²) < 4.78 is 0.918. The predicted molar refractivity (Wildman–Crippen MR) is 117 cm³/mol. The minimum atomic E-state index is -0.108. The van der Waals surface area contributed by atoms with Gasteiger partial charge >= 0.3 is 0 Å². The molecule has 1 N–H and O–H groups in total. The molecule has 1 amide bonds. The van der Waals surface area contributed by atoms with E-state index in [2.05, 4.69) is 28.2 Å². The number of pyridine rings is 1. The Balaban J connectivity index is 1.72. The molecule has 28 heavy (non-hydrogen) atoms. The third-order valence-corrected chi connectivity index (χ3v) is 5.15. The molecular weight excluding hydrogens is 412 g/mol. The van der Waals surface area contributed by atoms with E-state index in [0.717, 1.165) is 32.2 Å². The minimum absolute atomic E-state index is 0.108. The van der Waals surface area contributed by atoms with Crippen LogP contribution in [0, 0.1) is 6.92 Å². The Bertz CT molecular complexity index is 1140. The second-order valence-corrected chi connectivity index (χ2v) is 7.67. The van der Waals surface area contributed by atoms with E-state index in [1.165, 1.54) is 5.56 Å². The van der Waals surface area contributed by atoms with Crippen molar-refractivity contribution in [2.75, 3.05) is 0 Å². The molecule has 4 aromatic rings. The molecule has 1 heterocycles. The SMILES string of the molecule is Cc1ccc(CNC(=O)c2cc(-c3ccccc3)nc3ccc(Br)cc23)cc1. The zero-order chi connectivity index (χ0) is 19.5. The highest BCUT2D eigenvalue weighted by molar-refractivity contribution is 9.10. The largest absolute Gasteiger partial charge is 0.348 e. The number of carbonyl (C=O) groups excluding carboxylic acids is 1. The highest BCUT2D eigenvalue weighted by Gasteiger charge is 2.14. The Morgan fingerprint density at radius 3 is 2.46 bits per heavy atom. The van der Waals surface area contributed by atoms with E-state index in [-0.39, 0.29) is 5.91 Å². The van der Waals surface area contributed by atoms with Crippen molar-refractivity contribution in [2.24, 2.45) is 0 Å². The summed E-state index contributed by atoms with van der Waals surface area (Å²) in [5.74, 6) is -0.108. The standard InChI is InChI=1S/C24H19BrN2O/c1-16-7-9-17(10-8-16)15-26-24(28)21-14-23(18-5-3-2-4-6-18)27-22-12-11-19(25)13-20(21)22/h2-14H,15H2,1H3,(H,26,28). The van der Waals surface area contributed by atoms with Crippen molar-refractivity contribution in [1.82, 2.24) is 10.3 Å². The predicted octanol–water partition coefficient (Wildman–Crippen LogP) is 5.90. The summed E-state index contributed by atoms with van der Waals surface area (Å²) >= 11 is 3.50. The molecule has 0 aliphatic rings. The van der Waals surface area contributed by atoms with E-state index in [9.17, 15) is 4.79 Å². The number of fused-ring (bicyclic) bond motifs is 1. The van der Waals surface area contributed by atoms with Gasteiger partial charge in [0.2, 0.25) is 0 Å². The Hall–Kier alpha value is -2.98. The molecule has 1 aromatic heterocycles. The molecule has 0 spiro atoms. The van der Waals surface area contributed by atoms with Crippen LogP contribution in [0.25, 0.3) is 22.2 Å². The molecule has 4 heteroatoms. The van der Waals surface area contributed by atoms with Gasteiger partial charge in [0.25, 0.3) is 5.91 Å². The van der Waals surface area contributed by atoms with Crippen molar-refractivity contribution in [2.45, 2.75) is 13.5 Å². The van der Waals surface area contributed by atoms with Gasteiger partial charge in [-0.2, -0.15) is 0 Å². The Labute approximate surface area is 172 Å². The normalized spacial score (nSPS) is 10.8. The lowest BCUT2D eigenvalue weighted by Crippen LogP contribution is -2.23. The minimum Gasteiger partial charge on any atom is -0.348 e. The van der Waals surface area contributed by atoms with Crippen molar-refractivity contribution in [3.63, 3.8) is 0 Å². The molecule has 0 radical (unpaired) electrons. The fourth-order valence-corrected chi connectivity index (χ4v) is 3.49. The lowest BCUT2D eigenvalue weighted by atomic mass is 10.0. The van der Waals surface area contributed by atoms with Gasteiger partial charge in [0.1, 0.15) is 0 Å². The highest BCUT2D eigenvalue weighted by atomic mass is 79.9. The number of rotatable bonds is 4. The van der Waals surface area contributed by atoms with E-state index in [1.807, 2.05) is 78.9 Å². The van der Waals surface area contributed by atoms with Crippen LogP contribution in [-0.4, -0.2) is 10.9 Å². The summed E-state index contributed by atoms with van der Waals surface area (Å²) in [5.41, 5.74) is 5.47. The number of aromatic nitrogens is 1. The summed E-state index contributed by atoms with van der Waals surface area (Å²) in [6.45, 7) is 2.53. The van der Waals surface area contributed by atoms with Crippen molar-refractivity contribution in [3.05, 3.63) is 100 Å². The van der Waals surface area contributed by atoms with Crippen LogP contribution in [-0.2, 0) is 6.54 Å². The Morgan fingerprint density at radius 2 is 1.71 bits per heavy atom. The summed E-state index contributed by atoms with van der Waals surface area (Å²) in [7, 11) is 0. The number of hydrogen-bond acceptors (Lipinski definition) is 2. The molecule has 0 fully saturated rings. The quantitative estimate of drug-likeness (QED) is 0.437. The number of halogens is 1. The van der Waals surface area contributed by atoms with Gasteiger partial charge in [-0.25, -0.2) is 4.98 Å². The third kappa shape index (κ3) is 3.97. The number of nitrogens with one attached hydrogen (secondary N) is 1. The van der Waals surface area contributed by atoms with Crippen LogP contribution in [0.4, 0.5) is 0 Å². The second kappa shape index (κ2) is 7.95. The fourth-order valence-electron chi connectivity index (χ4n) is 3.13. The number of hydrogen-bond donors (Lipinski definition) is 1. The van der Waals surface area contributed by atoms with Crippen LogP contribution in [0.1, 0.15) is 21.5 Å². The van der Waals surface area contributed by atoms with Crippen LogP contribution in [0.15, 0.2) is 83.3 Å². The molecule has 0 saturated carbocycles. The summed E-state index contributed by atoms with van der Waals surface area (Å²) in [5, 5.41) is 3.87. The molecule has 0 saturated heterocycles. The van der Waals surface area contributed by atoms with Gasteiger partial charge < -0.3 is 5.32 Å². The van der Waals surface area contributed by atoms with Crippen molar-refractivity contribution in [3.8, 4) is 11.3 Å². The van der Waals surface area contributed by atoms with Crippen molar-refractivity contribution >= 4 is 32.7 Å². The van der Waals surface area contributed by atoms with Gasteiger partial charge in [-0.05, 0) is 36.8 Å². The smallest absolute Gasteiger partial charge is 0.252 e. The maximum atomic E-state index is 13.0. The molecule has 3 aromatic carbocycles. The van der Waals surface area contributed by atoms with E-state index in [0.29, 0.717) is 12.1 Å². The molecule has 0 bridgehead atoms. The van der Waals surface area contributed by atoms with E-state index in [4.69, 9.17) is 4.98 Å². The van der Waals surface area contributed by atoms with Crippen LogP contribution < -0.4 is 5.32 Å². The monoisotopic (exact) mass is 430 g/mol. The number of carbonyl (C=O) groups is 1. The molecule has 0 atom stereocenters. The zero-order valence-electron chi connectivity index (χ0n) is 15.4. The zero-order valence-corrected chi connectivity index (χ0v) is 17.0. The maximum absolute atomic E-state index is 13.0. The molecular formula is C24H19BrN2O. The number of benzene rings is 3. The molecule has 0 aliphatic heterocycles. The first-order chi connectivity index (χ1) is 13.6. The van der Waals surface area contributed by atoms with Crippen LogP contribution in [0.2, 0.25) is 0 Å². The Morgan fingerprint density at radius 1 is 0.964 bits per heavy atom. The number of nitrogens with zero attached hydrogens (tertiary/aromatic N) is 1. The van der Waals surface area contributed by atoms with Crippen molar-refractivity contribution in [1.29, 1.82) is 0 Å². The van der Waals surface area contributed by atoms with E-state index >= 15 is 0 Å². The lowest BCUT2D eigenvalue weighted by Gasteiger charge is -2.11. The molecule has 138 valence electrons. The first-order valence-electron chi connectivity index (χ1n) is 9.09. The van der Waals surface area contributed by atoms with Crippen LogP contribution in [0.3, 0.4) is 0 Å². The van der Waals surface area contributed by atoms with Gasteiger partial charge in [-0.3, -0.25) is 4.79 Å². The summed E-state index contributed by atoms with van der Waals surface area (Å²) in [6, 6.07) is 25.8. The van der Waals surface area contributed by atoms with Crippen LogP contribution >= 0.6 is 15.9 Å². The Kier molecular flexibility index (Phi) is 5.22. The topological polar surface area (TPSA) is 42.0 Å². The van der Waals surface area contributed by atoms with Gasteiger partial charge in [0, 0.05) is 22.0 Å². The summed E-state index contributed by atoms with van der Waals surface area (Å²) in [6.07, 6.45) is 0. The molecule has 0 unspecified atom stereocenters. The molecule has 0 aliphatic carbocycles. The van der Waals surface area contributed by atoms with E-state index in [1.54, 1.807) is 0 Å². The number of aryl methyl sites for hydroxylation is 1. The van der Waals surface area contributed by atoms with E-state index < -0.39 is 0 Å². The first kappa shape index (κ1) is 18.4. The van der Waals surface area contributed by atoms with Crippen molar-refractivity contribution < 1.29 is 4.79 Å². The van der Waals surface area contributed by atoms with Gasteiger partial charge in [0.15, 0.2) is 0 Å². The summed E-state index contributed by atoms with van der Waals surface area (Å²) in [4.78, 5) is 17.8. The lowest BCUT2D eigenvalue weighted by molar-refractivity contribution is 0.0952. The van der Waals surface area contributed by atoms with Gasteiger partial charge in [0.05, 0.1) is 16.8 Å². The second-order valence-electron chi connectivity index (χ2n) is 6.75. The average molecular weight is 431 g/mol. The molecule has 4 rings (SSSR count).